The van der Waals surface area contributed by atoms with E-state index in [-0.39, 0.29) is 11.9 Å². The summed E-state index contributed by atoms with van der Waals surface area (Å²) in [6.45, 7) is 2.39. The third-order valence-corrected chi connectivity index (χ3v) is 2.43. The summed E-state index contributed by atoms with van der Waals surface area (Å²) >= 11 is 0. The van der Waals surface area contributed by atoms with Crippen molar-refractivity contribution < 1.29 is 14.3 Å². The zero-order valence-electron chi connectivity index (χ0n) is 8.24. The molecule has 0 fully saturated rings. The molecule has 1 aliphatic rings. The molecule has 0 radical (unpaired) electrons. The number of esters is 1. The van der Waals surface area contributed by atoms with E-state index in [9.17, 15) is 4.79 Å². The number of ether oxygens (including phenoxy) is 2. The van der Waals surface area contributed by atoms with Gasteiger partial charge < -0.3 is 9.47 Å². The van der Waals surface area contributed by atoms with Crippen LogP contribution in [0.25, 0.3) is 0 Å². The molecule has 0 spiro atoms. The zero-order chi connectivity index (χ0) is 10.1. The van der Waals surface area contributed by atoms with Crippen molar-refractivity contribution in [3.05, 3.63) is 29.3 Å². The Labute approximate surface area is 82.6 Å². The third-order valence-electron chi connectivity index (χ3n) is 2.43. The summed E-state index contributed by atoms with van der Waals surface area (Å²) in [5, 5.41) is 0. The van der Waals surface area contributed by atoms with Gasteiger partial charge in [0.05, 0.1) is 7.11 Å². The Morgan fingerprint density at radius 2 is 2.36 bits per heavy atom. The van der Waals surface area contributed by atoms with Crippen molar-refractivity contribution >= 4 is 5.97 Å². The van der Waals surface area contributed by atoms with Gasteiger partial charge >= 0.3 is 5.97 Å². The smallest absolute Gasteiger partial charge is 0.316 e. The fourth-order valence-corrected chi connectivity index (χ4v) is 1.67. The Balaban J connectivity index is 2.38. The number of hydrogen-bond donors (Lipinski definition) is 0. The van der Waals surface area contributed by atoms with Gasteiger partial charge in [0.25, 0.3) is 0 Å². The largest absolute Gasteiger partial charge is 0.492 e. The van der Waals surface area contributed by atoms with Crippen LogP contribution in [0.4, 0.5) is 0 Å². The van der Waals surface area contributed by atoms with E-state index in [1.54, 1.807) is 0 Å². The first-order valence-corrected chi connectivity index (χ1v) is 4.53. The summed E-state index contributed by atoms with van der Waals surface area (Å²) in [5.41, 5.74) is 2.07. The molecular weight excluding hydrogens is 180 g/mol. The molecule has 1 unspecified atom stereocenters. The van der Waals surface area contributed by atoms with Crippen molar-refractivity contribution in [3.8, 4) is 5.75 Å². The standard InChI is InChI=1S/C11H12O3/c1-7-3-4-10-8(5-7)9(6-14-10)11(12)13-2/h3-5,9H,6H2,1-2H3. The molecule has 74 valence electrons. The molecule has 2 rings (SSSR count). The molecule has 14 heavy (non-hydrogen) atoms. The van der Waals surface area contributed by atoms with E-state index in [1.165, 1.54) is 7.11 Å². The number of aryl methyl sites for hydroxylation is 1. The second-order valence-corrected chi connectivity index (χ2v) is 3.43. The molecule has 3 nitrogen and oxygen atoms in total. The number of carbonyl (C=O) groups is 1. The highest BCUT2D eigenvalue weighted by atomic mass is 16.5. The maximum Gasteiger partial charge on any atom is 0.316 e. The van der Waals surface area contributed by atoms with Crippen molar-refractivity contribution in [2.45, 2.75) is 12.8 Å². The Morgan fingerprint density at radius 3 is 3.07 bits per heavy atom. The first kappa shape index (κ1) is 9.06. The minimum absolute atomic E-state index is 0.227. The number of methoxy groups -OCH3 is 1. The zero-order valence-corrected chi connectivity index (χ0v) is 8.24. The Hall–Kier alpha value is -1.51. The van der Waals surface area contributed by atoms with Crippen LogP contribution in [0.1, 0.15) is 17.0 Å². The van der Waals surface area contributed by atoms with Gasteiger partial charge in [-0.25, -0.2) is 0 Å². The molecule has 0 amide bonds. The monoisotopic (exact) mass is 192 g/mol. The minimum Gasteiger partial charge on any atom is -0.492 e. The molecule has 3 heteroatoms. The van der Waals surface area contributed by atoms with Crippen LogP contribution < -0.4 is 4.74 Å². The normalized spacial score (nSPS) is 18.6. The molecule has 1 aliphatic heterocycles. The lowest BCUT2D eigenvalue weighted by Gasteiger charge is -2.05. The quantitative estimate of drug-likeness (QED) is 0.634. The third kappa shape index (κ3) is 1.35. The lowest BCUT2D eigenvalue weighted by molar-refractivity contribution is -0.142. The van der Waals surface area contributed by atoms with Gasteiger partial charge in [0.2, 0.25) is 0 Å². The van der Waals surface area contributed by atoms with E-state index in [1.807, 2.05) is 25.1 Å². The van der Waals surface area contributed by atoms with Crippen molar-refractivity contribution in [1.82, 2.24) is 0 Å². The molecule has 1 aromatic carbocycles. The molecule has 1 aromatic rings. The Kier molecular flexibility index (Phi) is 2.15. The summed E-state index contributed by atoms with van der Waals surface area (Å²) in [5.74, 6) is 0.315. The first-order valence-electron chi connectivity index (χ1n) is 4.53. The maximum absolute atomic E-state index is 11.4. The molecule has 0 saturated carbocycles. The molecular formula is C11H12O3. The van der Waals surface area contributed by atoms with Crippen LogP contribution in [0.3, 0.4) is 0 Å². The van der Waals surface area contributed by atoms with E-state index >= 15 is 0 Å². The molecule has 0 bridgehead atoms. The second-order valence-electron chi connectivity index (χ2n) is 3.43. The van der Waals surface area contributed by atoms with Gasteiger partial charge in [0, 0.05) is 5.56 Å². The average molecular weight is 192 g/mol. The van der Waals surface area contributed by atoms with Crippen molar-refractivity contribution in [1.29, 1.82) is 0 Å². The van der Waals surface area contributed by atoms with Gasteiger partial charge in [0.15, 0.2) is 0 Å². The number of carbonyl (C=O) groups excluding carboxylic acids is 1. The highest BCUT2D eigenvalue weighted by Gasteiger charge is 2.30. The molecule has 1 atom stereocenters. The van der Waals surface area contributed by atoms with Crippen LogP contribution in [0.2, 0.25) is 0 Å². The average Bonchev–Trinajstić information content (AvgIpc) is 2.59. The summed E-state index contributed by atoms with van der Waals surface area (Å²) in [6, 6.07) is 5.84. The van der Waals surface area contributed by atoms with Gasteiger partial charge in [0.1, 0.15) is 18.3 Å². The fourth-order valence-electron chi connectivity index (χ4n) is 1.67. The lowest BCUT2D eigenvalue weighted by atomic mass is 10.00. The van der Waals surface area contributed by atoms with Crippen LogP contribution in [-0.4, -0.2) is 19.7 Å². The van der Waals surface area contributed by atoms with Gasteiger partial charge in [-0.1, -0.05) is 17.7 Å². The lowest BCUT2D eigenvalue weighted by Crippen LogP contribution is -2.15. The molecule has 0 aliphatic carbocycles. The molecule has 0 saturated heterocycles. The predicted octanol–water partition coefficient (Wildman–Crippen LogP) is 1.64. The summed E-state index contributed by atoms with van der Waals surface area (Å²) < 4.78 is 10.1. The predicted molar refractivity (Wildman–Crippen MR) is 51.4 cm³/mol. The van der Waals surface area contributed by atoms with Crippen molar-refractivity contribution in [2.24, 2.45) is 0 Å². The van der Waals surface area contributed by atoms with Crippen molar-refractivity contribution in [3.63, 3.8) is 0 Å². The van der Waals surface area contributed by atoms with Crippen LogP contribution in [0, 0.1) is 6.92 Å². The van der Waals surface area contributed by atoms with Gasteiger partial charge in [-0.05, 0) is 13.0 Å². The minimum atomic E-state index is -0.255. The van der Waals surface area contributed by atoms with Gasteiger partial charge in [-0.2, -0.15) is 0 Å². The Morgan fingerprint density at radius 1 is 1.57 bits per heavy atom. The second kappa shape index (κ2) is 3.33. The molecule has 1 heterocycles. The van der Waals surface area contributed by atoms with E-state index in [2.05, 4.69) is 0 Å². The summed E-state index contributed by atoms with van der Waals surface area (Å²) in [4.78, 5) is 11.4. The number of hydrogen-bond acceptors (Lipinski definition) is 3. The summed E-state index contributed by atoms with van der Waals surface area (Å²) in [6.07, 6.45) is 0. The van der Waals surface area contributed by atoms with Gasteiger partial charge in [-0.3, -0.25) is 4.79 Å². The number of fused-ring (bicyclic) bond motifs is 1. The van der Waals surface area contributed by atoms with E-state index < -0.39 is 0 Å². The van der Waals surface area contributed by atoms with Crippen LogP contribution in [0.15, 0.2) is 18.2 Å². The molecule has 0 aromatic heterocycles. The highest BCUT2D eigenvalue weighted by Crippen LogP contribution is 2.34. The number of benzene rings is 1. The van der Waals surface area contributed by atoms with Crippen molar-refractivity contribution in [2.75, 3.05) is 13.7 Å². The van der Waals surface area contributed by atoms with E-state index in [0.717, 1.165) is 16.9 Å². The van der Waals surface area contributed by atoms with E-state index in [0.29, 0.717) is 6.61 Å². The molecule has 0 N–H and O–H groups in total. The van der Waals surface area contributed by atoms with Crippen LogP contribution in [-0.2, 0) is 9.53 Å². The highest BCUT2D eigenvalue weighted by molar-refractivity contribution is 5.80. The fraction of sp³-hybridized carbons (Fsp3) is 0.364. The van der Waals surface area contributed by atoms with Crippen LogP contribution >= 0.6 is 0 Å². The maximum atomic E-state index is 11.4. The SMILES string of the molecule is COC(=O)C1COc2ccc(C)cc21. The van der Waals surface area contributed by atoms with Crippen LogP contribution in [0.5, 0.6) is 5.75 Å². The van der Waals surface area contributed by atoms with Gasteiger partial charge in [-0.15, -0.1) is 0 Å². The Bertz CT molecular complexity index is 371. The number of rotatable bonds is 1. The first-order chi connectivity index (χ1) is 6.72. The van der Waals surface area contributed by atoms with E-state index in [4.69, 9.17) is 9.47 Å². The topological polar surface area (TPSA) is 35.5 Å². The summed E-state index contributed by atoms with van der Waals surface area (Å²) in [7, 11) is 1.40.